The molecule has 110 valence electrons. The molecular weight excluding hydrogens is 260 g/mol. The van der Waals surface area contributed by atoms with Crippen molar-refractivity contribution in [3.05, 3.63) is 41.7 Å². The van der Waals surface area contributed by atoms with Gasteiger partial charge in [0.25, 0.3) is 0 Å². The molecular formula is C17H22N4. The van der Waals surface area contributed by atoms with Crippen LogP contribution >= 0.6 is 0 Å². The average Bonchev–Trinajstić information content (AvgIpc) is 3.14. The largest absolute Gasteiger partial charge is 0.372 e. The summed E-state index contributed by atoms with van der Waals surface area (Å²) in [5.74, 6) is 0. The number of nitrogens with one attached hydrogen (secondary N) is 1. The number of rotatable bonds is 2. The highest BCUT2D eigenvalue weighted by molar-refractivity contribution is 5.51. The Labute approximate surface area is 125 Å². The number of nitrogens with zero attached hydrogens (tertiary/aromatic N) is 3. The number of benzene rings is 1. The summed E-state index contributed by atoms with van der Waals surface area (Å²) in [6.07, 6.45) is 6.96. The van der Waals surface area contributed by atoms with Gasteiger partial charge in [-0.05, 0) is 55.6 Å². The summed E-state index contributed by atoms with van der Waals surface area (Å²) in [4.78, 5) is 2.47. The van der Waals surface area contributed by atoms with Crippen molar-refractivity contribution in [2.24, 2.45) is 0 Å². The standard InChI is InChI=1S/C17H22N4/c1-2-12-20(11-1)15-3-5-16(6-4-15)21-13-14-7-9-18-10-8-17(14)19-21/h3-6,13,18H,1-2,7-12H2. The molecule has 0 spiro atoms. The number of fused-ring (bicyclic) bond motifs is 1. The maximum absolute atomic E-state index is 4.77. The highest BCUT2D eigenvalue weighted by atomic mass is 15.3. The summed E-state index contributed by atoms with van der Waals surface area (Å²) in [6, 6.07) is 8.85. The van der Waals surface area contributed by atoms with Gasteiger partial charge in [-0.15, -0.1) is 0 Å². The number of hydrogen-bond donors (Lipinski definition) is 1. The van der Waals surface area contributed by atoms with Gasteiger partial charge in [-0.1, -0.05) is 0 Å². The van der Waals surface area contributed by atoms with E-state index in [9.17, 15) is 0 Å². The molecule has 0 atom stereocenters. The third-order valence-electron chi connectivity index (χ3n) is 4.57. The van der Waals surface area contributed by atoms with E-state index in [1.165, 1.54) is 48.6 Å². The molecule has 1 saturated heterocycles. The predicted octanol–water partition coefficient (Wildman–Crippen LogP) is 2.16. The lowest BCUT2D eigenvalue weighted by molar-refractivity contribution is 0.695. The number of hydrogen-bond acceptors (Lipinski definition) is 3. The van der Waals surface area contributed by atoms with Crippen molar-refractivity contribution in [1.29, 1.82) is 0 Å². The zero-order chi connectivity index (χ0) is 14.1. The Balaban J connectivity index is 1.58. The van der Waals surface area contributed by atoms with E-state index in [1.807, 2.05) is 4.68 Å². The second-order valence-electron chi connectivity index (χ2n) is 6.01. The van der Waals surface area contributed by atoms with Crippen LogP contribution in [0.2, 0.25) is 0 Å². The second-order valence-corrected chi connectivity index (χ2v) is 6.01. The van der Waals surface area contributed by atoms with Crippen LogP contribution in [0.5, 0.6) is 0 Å². The van der Waals surface area contributed by atoms with Gasteiger partial charge in [0.2, 0.25) is 0 Å². The maximum atomic E-state index is 4.77. The van der Waals surface area contributed by atoms with Crippen LogP contribution in [0.15, 0.2) is 30.5 Å². The van der Waals surface area contributed by atoms with Gasteiger partial charge < -0.3 is 10.2 Å². The molecule has 1 N–H and O–H groups in total. The minimum Gasteiger partial charge on any atom is -0.372 e. The van der Waals surface area contributed by atoms with Gasteiger partial charge in [0.05, 0.1) is 11.4 Å². The summed E-state index contributed by atoms with van der Waals surface area (Å²) in [7, 11) is 0. The lowest BCUT2D eigenvalue weighted by Gasteiger charge is -2.17. The zero-order valence-corrected chi connectivity index (χ0v) is 12.4. The molecule has 0 amide bonds. The van der Waals surface area contributed by atoms with E-state index in [1.54, 1.807) is 0 Å². The first-order valence-electron chi connectivity index (χ1n) is 8.04. The topological polar surface area (TPSA) is 33.1 Å². The highest BCUT2D eigenvalue weighted by Gasteiger charge is 2.14. The molecule has 1 aromatic carbocycles. The van der Waals surface area contributed by atoms with Gasteiger partial charge in [0.15, 0.2) is 0 Å². The van der Waals surface area contributed by atoms with Crippen molar-refractivity contribution in [1.82, 2.24) is 15.1 Å². The quantitative estimate of drug-likeness (QED) is 0.916. The Morgan fingerprint density at radius 2 is 1.62 bits per heavy atom. The Kier molecular flexibility index (Phi) is 3.39. The molecule has 0 unspecified atom stereocenters. The summed E-state index contributed by atoms with van der Waals surface area (Å²) in [5, 5.41) is 8.19. The van der Waals surface area contributed by atoms with Crippen molar-refractivity contribution < 1.29 is 0 Å². The lowest BCUT2D eigenvalue weighted by atomic mass is 10.2. The normalized spacial score (nSPS) is 18.6. The van der Waals surface area contributed by atoms with Gasteiger partial charge in [-0.25, -0.2) is 4.68 Å². The van der Waals surface area contributed by atoms with Crippen LogP contribution in [0.25, 0.3) is 5.69 Å². The molecule has 0 aliphatic carbocycles. The first kappa shape index (κ1) is 12.9. The van der Waals surface area contributed by atoms with Crippen LogP contribution in [0.1, 0.15) is 24.1 Å². The lowest BCUT2D eigenvalue weighted by Crippen LogP contribution is -2.17. The van der Waals surface area contributed by atoms with Gasteiger partial charge in [-0.3, -0.25) is 0 Å². The number of anilines is 1. The fourth-order valence-corrected chi connectivity index (χ4v) is 3.34. The van der Waals surface area contributed by atoms with E-state index in [2.05, 4.69) is 40.7 Å². The van der Waals surface area contributed by atoms with Crippen molar-refractivity contribution in [3.63, 3.8) is 0 Å². The molecule has 0 bridgehead atoms. The van der Waals surface area contributed by atoms with E-state index in [4.69, 9.17) is 5.10 Å². The third kappa shape index (κ3) is 2.56. The molecule has 0 saturated carbocycles. The zero-order valence-electron chi connectivity index (χ0n) is 12.4. The van der Waals surface area contributed by atoms with Gasteiger partial charge >= 0.3 is 0 Å². The Morgan fingerprint density at radius 1 is 0.905 bits per heavy atom. The minimum atomic E-state index is 1.04. The highest BCUT2D eigenvalue weighted by Crippen LogP contribution is 2.22. The van der Waals surface area contributed by atoms with Crippen molar-refractivity contribution in [2.75, 3.05) is 31.1 Å². The molecule has 2 aromatic rings. The minimum absolute atomic E-state index is 1.04. The first-order valence-corrected chi connectivity index (χ1v) is 8.04. The van der Waals surface area contributed by atoms with E-state index in [0.717, 1.165) is 25.9 Å². The number of aromatic nitrogens is 2. The van der Waals surface area contributed by atoms with E-state index in [-0.39, 0.29) is 0 Å². The molecule has 4 heteroatoms. The van der Waals surface area contributed by atoms with E-state index < -0.39 is 0 Å². The summed E-state index contributed by atoms with van der Waals surface area (Å²) in [6.45, 7) is 4.50. The van der Waals surface area contributed by atoms with Crippen LogP contribution in [-0.2, 0) is 12.8 Å². The van der Waals surface area contributed by atoms with Crippen LogP contribution in [0.4, 0.5) is 5.69 Å². The molecule has 1 fully saturated rings. The molecule has 4 rings (SSSR count). The Hall–Kier alpha value is -1.81. The molecule has 4 nitrogen and oxygen atoms in total. The second kappa shape index (κ2) is 5.53. The summed E-state index contributed by atoms with van der Waals surface area (Å²) >= 11 is 0. The van der Waals surface area contributed by atoms with Gasteiger partial charge in [-0.2, -0.15) is 5.10 Å². The predicted molar refractivity (Wildman–Crippen MR) is 85.3 cm³/mol. The summed E-state index contributed by atoms with van der Waals surface area (Å²) in [5.41, 5.74) is 5.15. The third-order valence-corrected chi connectivity index (χ3v) is 4.57. The van der Waals surface area contributed by atoms with Crippen LogP contribution in [-0.4, -0.2) is 36.0 Å². The molecule has 2 aliphatic heterocycles. The Bertz CT molecular complexity index is 585. The fraction of sp³-hybridized carbons (Fsp3) is 0.471. The molecule has 1 aromatic heterocycles. The van der Waals surface area contributed by atoms with Crippen LogP contribution in [0, 0.1) is 0 Å². The molecule has 21 heavy (non-hydrogen) atoms. The van der Waals surface area contributed by atoms with Crippen molar-refractivity contribution >= 4 is 5.69 Å². The van der Waals surface area contributed by atoms with Crippen molar-refractivity contribution in [2.45, 2.75) is 25.7 Å². The summed E-state index contributed by atoms with van der Waals surface area (Å²) < 4.78 is 2.05. The first-order chi connectivity index (χ1) is 10.4. The van der Waals surface area contributed by atoms with E-state index in [0.29, 0.717) is 0 Å². The molecule has 0 radical (unpaired) electrons. The SMILES string of the molecule is c1cc(-n2cc3c(n2)CCNCC3)ccc1N1CCCC1. The fourth-order valence-electron chi connectivity index (χ4n) is 3.34. The van der Waals surface area contributed by atoms with Crippen molar-refractivity contribution in [3.8, 4) is 5.69 Å². The van der Waals surface area contributed by atoms with Crippen LogP contribution in [0.3, 0.4) is 0 Å². The van der Waals surface area contributed by atoms with Gasteiger partial charge in [0, 0.05) is 37.9 Å². The average molecular weight is 282 g/mol. The van der Waals surface area contributed by atoms with E-state index >= 15 is 0 Å². The molecule has 2 aliphatic rings. The monoisotopic (exact) mass is 282 g/mol. The molecule has 3 heterocycles. The van der Waals surface area contributed by atoms with Crippen LogP contribution < -0.4 is 10.2 Å². The maximum Gasteiger partial charge on any atom is 0.0674 e. The smallest absolute Gasteiger partial charge is 0.0674 e. The Morgan fingerprint density at radius 3 is 2.43 bits per heavy atom. The van der Waals surface area contributed by atoms with Gasteiger partial charge in [0.1, 0.15) is 0 Å².